The molecule has 0 radical (unpaired) electrons. The first-order valence-corrected chi connectivity index (χ1v) is 5.72. The Morgan fingerprint density at radius 2 is 2.20 bits per heavy atom. The summed E-state index contributed by atoms with van der Waals surface area (Å²) in [6, 6.07) is 3.26. The minimum Gasteiger partial charge on any atom is -0.365 e. The Hall–Kier alpha value is -1.47. The summed E-state index contributed by atoms with van der Waals surface area (Å²) in [5, 5.41) is 14.4. The molecule has 2 aromatic rings. The predicted octanol–water partition coefficient (Wildman–Crippen LogP) is 2.82. The molecule has 0 aliphatic carbocycles. The van der Waals surface area contributed by atoms with E-state index in [9.17, 15) is 10.1 Å². The maximum absolute atomic E-state index is 10.5. The van der Waals surface area contributed by atoms with E-state index in [4.69, 9.17) is 0 Å². The van der Waals surface area contributed by atoms with Crippen LogP contribution in [-0.2, 0) is 0 Å². The fraction of sp³-hybridized carbons (Fsp3) is 0.125. The summed E-state index contributed by atoms with van der Waals surface area (Å²) >= 11 is 2.64. The Morgan fingerprint density at radius 3 is 2.73 bits per heavy atom. The number of aromatic nitrogens is 1. The lowest BCUT2D eigenvalue weighted by atomic mass is 10.4. The van der Waals surface area contributed by atoms with Gasteiger partial charge in [0.1, 0.15) is 0 Å². The van der Waals surface area contributed by atoms with Crippen molar-refractivity contribution in [2.24, 2.45) is 0 Å². The van der Waals surface area contributed by atoms with Gasteiger partial charge in [-0.25, -0.2) is 4.98 Å². The molecule has 5 nitrogen and oxygen atoms in total. The number of anilines is 1. The molecule has 2 rings (SSSR count). The highest BCUT2D eigenvalue weighted by molar-refractivity contribution is 7.25. The molecule has 0 saturated carbocycles. The largest absolute Gasteiger partial charge is 0.365 e. The van der Waals surface area contributed by atoms with E-state index >= 15 is 0 Å². The molecule has 0 aliphatic heterocycles. The second-order valence-electron chi connectivity index (χ2n) is 2.67. The number of hydrogen-bond acceptors (Lipinski definition) is 6. The Labute approximate surface area is 93.6 Å². The zero-order chi connectivity index (χ0) is 10.8. The van der Waals surface area contributed by atoms with Gasteiger partial charge in [-0.15, -0.1) is 0 Å². The molecular weight excluding hydrogens is 234 g/mol. The zero-order valence-electron chi connectivity index (χ0n) is 7.76. The van der Waals surface area contributed by atoms with Crippen LogP contribution in [0, 0.1) is 10.1 Å². The van der Waals surface area contributed by atoms with Crippen molar-refractivity contribution in [1.82, 2.24) is 4.98 Å². The first-order chi connectivity index (χ1) is 7.20. The lowest BCUT2D eigenvalue weighted by Gasteiger charge is -1.87. The van der Waals surface area contributed by atoms with Crippen LogP contribution in [0.3, 0.4) is 0 Å². The standard InChI is InChI=1S/C8H7N3O2S2/c1-9-8-10-4-6(15-8)5-2-3-7(14-5)11(12)13/h2-4H,1H3,(H,9,10). The second kappa shape index (κ2) is 3.95. The lowest BCUT2D eigenvalue weighted by Crippen LogP contribution is -1.83. The third-order valence-corrected chi connectivity index (χ3v) is 3.98. The normalized spacial score (nSPS) is 10.2. The van der Waals surface area contributed by atoms with Crippen molar-refractivity contribution in [2.45, 2.75) is 0 Å². The molecule has 0 spiro atoms. The monoisotopic (exact) mass is 241 g/mol. The maximum Gasteiger partial charge on any atom is 0.324 e. The first-order valence-electron chi connectivity index (χ1n) is 4.09. The van der Waals surface area contributed by atoms with E-state index in [1.54, 1.807) is 19.3 Å². The average Bonchev–Trinajstić information content (AvgIpc) is 2.86. The lowest BCUT2D eigenvalue weighted by molar-refractivity contribution is -0.380. The van der Waals surface area contributed by atoms with Gasteiger partial charge in [-0.3, -0.25) is 10.1 Å². The van der Waals surface area contributed by atoms with Crippen LogP contribution < -0.4 is 5.32 Å². The number of thiophene rings is 1. The van der Waals surface area contributed by atoms with Crippen molar-refractivity contribution in [1.29, 1.82) is 0 Å². The van der Waals surface area contributed by atoms with E-state index < -0.39 is 0 Å². The molecule has 0 aliphatic rings. The highest BCUT2D eigenvalue weighted by atomic mass is 32.1. The minimum absolute atomic E-state index is 0.157. The molecule has 78 valence electrons. The van der Waals surface area contributed by atoms with Crippen LogP contribution in [0.2, 0.25) is 0 Å². The van der Waals surface area contributed by atoms with E-state index in [0.29, 0.717) is 0 Å². The zero-order valence-corrected chi connectivity index (χ0v) is 9.39. The van der Waals surface area contributed by atoms with Crippen molar-refractivity contribution in [3.8, 4) is 9.75 Å². The van der Waals surface area contributed by atoms with E-state index in [0.717, 1.165) is 26.2 Å². The van der Waals surface area contributed by atoms with Crippen LogP contribution in [0.5, 0.6) is 0 Å². The van der Waals surface area contributed by atoms with Crippen molar-refractivity contribution in [2.75, 3.05) is 12.4 Å². The van der Waals surface area contributed by atoms with Gasteiger partial charge in [0.05, 0.1) is 14.7 Å². The van der Waals surface area contributed by atoms with Gasteiger partial charge in [0, 0.05) is 19.3 Å². The summed E-state index contributed by atoms with van der Waals surface area (Å²) in [5.41, 5.74) is 0. The van der Waals surface area contributed by atoms with Gasteiger partial charge in [-0.05, 0) is 6.07 Å². The number of rotatable bonds is 3. The Morgan fingerprint density at radius 1 is 1.40 bits per heavy atom. The highest BCUT2D eigenvalue weighted by Gasteiger charge is 2.12. The fourth-order valence-electron chi connectivity index (χ4n) is 1.06. The molecule has 7 heteroatoms. The number of thiazole rings is 1. The van der Waals surface area contributed by atoms with E-state index in [2.05, 4.69) is 10.3 Å². The van der Waals surface area contributed by atoms with E-state index in [1.165, 1.54) is 17.4 Å². The van der Waals surface area contributed by atoms with Gasteiger partial charge < -0.3 is 5.32 Å². The third kappa shape index (κ3) is 1.97. The van der Waals surface area contributed by atoms with Crippen LogP contribution in [0.4, 0.5) is 10.1 Å². The smallest absolute Gasteiger partial charge is 0.324 e. The highest BCUT2D eigenvalue weighted by Crippen LogP contribution is 2.36. The predicted molar refractivity (Wildman–Crippen MR) is 61.6 cm³/mol. The van der Waals surface area contributed by atoms with Crippen LogP contribution >= 0.6 is 22.7 Å². The van der Waals surface area contributed by atoms with Crippen molar-refractivity contribution >= 4 is 32.8 Å². The Kier molecular flexibility index (Phi) is 2.65. The SMILES string of the molecule is CNc1ncc(-c2ccc([N+](=O)[O-])s2)s1. The summed E-state index contributed by atoms with van der Waals surface area (Å²) in [6.45, 7) is 0. The molecule has 0 unspecified atom stereocenters. The molecule has 0 saturated heterocycles. The van der Waals surface area contributed by atoms with Gasteiger partial charge >= 0.3 is 5.00 Å². The van der Waals surface area contributed by atoms with Crippen molar-refractivity contribution in [3.63, 3.8) is 0 Å². The van der Waals surface area contributed by atoms with Crippen molar-refractivity contribution in [3.05, 3.63) is 28.4 Å². The number of hydrogen-bond donors (Lipinski definition) is 1. The van der Waals surface area contributed by atoms with Crippen molar-refractivity contribution < 1.29 is 4.92 Å². The molecule has 0 bridgehead atoms. The molecule has 0 amide bonds. The summed E-state index contributed by atoms with van der Waals surface area (Å²) < 4.78 is 0. The molecule has 15 heavy (non-hydrogen) atoms. The average molecular weight is 241 g/mol. The fourth-order valence-corrected chi connectivity index (χ4v) is 2.73. The molecule has 0 aromatic carbocycles. The minimum atomic E-state index is -0.381. The van der Waals surface area contributed by atoms with E-state index in [-0.39, 0.29) is 9.92 Å². The van der Waals surface area contributed by atoms with Crippen LogP contribution in [0.15, 0.2) is 18.3 Å². The van der Waals surface area contributed by atoms with Gasteiger partial charge in [0.15, 0.2) is 5.13 Å². The molecular formula is C8H7N3O2S2. The van der Waals surface area contributed by atoms with Gasteiger partial charge in [0.25, 0.3) is 0 Å². The van der Waals surface area contributed by atoms with Gasteiger partial charge in [0.2, 0.25) is 0 Å². The number of nitrogens with zero attached hydrogens (tertiary/aromatic N) is 2. The maximum atomic E-state index is 10.5. The van der Waals surface area contributed by atoms with Crippen LogP contribution in [-0.4, -0.2) is 17.0 Å². The van der Waals surface area contributed by atoms with Crippen LogP contribution in [0.1, 0.15) is 0 Å². The Bertz CT molecular complexity index is 492. The molecule has 1 N–H and O–H groups in total. The summed E-state index contributed by atoms with van der Waals surface area (Å²) in [5.74, 6) is 0. The third-order valence-electron chi connectivity index (χ3n) is 1.73. The number of nitrogens with one attached hydrogen (secondary N) is 1. The molecule has 0 atom stereocenters. The summed E-state index contributed by atoms with van der Waals surface area (Å²) in [6.07, 6.45) is 1.71. The molecule has 2 aromatic heterocycles. The van der Waals surface area contributed by atoms with Gasteiger partial charge in [-0.1, -0.05) is 22.7 Å². The van der Waals surface area contributed by atoms with E-state index in [1.807, 2.05) is 0 Å². The van der Waals surface area contributed by atoms with Gasteiger partial charge in [-0.2, -0.15) is 0 Å². The van der Waals surface area contributed by atoms with Crippen LogP contribution in [0.25, 0.3) is 9.75 Å². The second-order valence-corrected chi connectivity index (χ2v) is 4.77. The number of nitro groups is 1. The summed E-state index contributed by atoms with van der Waals surface area (Å²) in [4.78, 5) is 16.0. The topological polar surface area (TPSA) is 68.1 Å². The summed E-state index contributed by atoms with van der Waals surface area (Å²) in [7, 11) is 1.79. The first kappa shape index (κ1) is 10.1. The Balaban J connectivity index is 2.32. The molecule has 0 fully saturated rings. The quantitative estimate of drug-likeness (QED) is 0.662. The molecule has 2 heterocycles.